The number of hydrogen-bond donors (Lipinski definition) is 0. The molecule has 3 heterocycles. The molecule has 0 saturated carbocycles. The maximum absolute atomic E-state index is 13.6. The van der Waals surface area contributed by atoms with Gasteiger partial charge in [-0.2, -0.15) is 5.10 Å². The number of rotatable bonds is 5. The Morgan fingerprint density at radius 3 is 2.20 bits per heavy atom. The molecule has 2 saturated heterocycles. The quantitative estimate of drug-likeness (QED) is 0.569. The molecule has 0 aliphatic carbocycles. The number of ether oxygens (including phenoxy) is 1. The van der Waals surface area contributed by atoms with Gasteiger partial charge in [-0.25, -0.2) is 4.68 Å². The van der Waals surface area contributed by atoms with Crippen LogP contribution in [-0.4, -0.2) is 95.3 Å². The summed E-state index contributed by atoms with van der Waals surface area (Å²) in [5.74, 6) is 0.0688. The Balaban J connectivity index is 1.32. The van der Waals surface area contributed by atoms with Crippen LogP contribution in [0.1, 0.15) is 15.9 Å². The lowest BCUT2D eigenvalue weighted by atomic mass is 10.1. The zero-order valence-electron chi connectivity index (χ0n) is 20.1. The number of nitrogens with zero attached hydrogens (tertiary/aromatic N) is 5. The summed E-state index contributed by atoms with van der Waals surface area (Å²) < 4.78 is 7.14. The lowest BCUT2D eigenvalue weighted by Crippen LogP contribution is -2.53. The van der Waals surface area contributed by atoms with Crippen LogP contribution in [0.4, 0.5) is 0 Å². The van der Waals surface area contributed by atoms with Crippen molar-refractivity contribution in [3.63, 3.8) is 0 Å². The highest BCUT2D eigenvalue weighted by molar-refractivity contribution is 6.00. The van der Waals surface area contributed by atoms with Crippen molar-refractivity contribution < 1.29 is 14.3 Å². The van der Waals surface area contributed by atoms with Gasteiger partial charge < -0.3 is 14.5 Å². The molecule has 0 spiro atoms. The van der Waals surface area contributed by atoms with Crippen LogP contribution >= 0.6 is 0 Å². The van der Waals surface area contributed by atoms with Gasteiger partial charge in [0.25, 0.3) is 5.91 Å². The zero-order valence-corrected chi connectivity index (χ0v) is 20.1. The molecule has 35 heavy (non-hydrogen) atoms. The number of carbonyl (C=O) groups excluding carboxylic acids is 2. The van der Waals surface area contributed by atoms with Gasteiger partial charge in [0.2, 0.25) is 5.91 Å². The fourth-order valence-electron chi connectivity index (χ4n) is 4.55. The topological polar surface area (TPSA) is 70.9 Å². The second-order valence-electron chi connectivity index (χ2n) is 9.10. The third-order valence-electron chi connectivity index (χ3n) is 6.67. The molecule has 1 aromatic heterocycles. The Hall–Kier alpha value is -3.49. The molecule has 182 valence electrons. The van der Waals surface area contributed by atoms with Crippen LogP contribution in [0.2, 0.25) is 0 Å². The molecule has 2 aliphatic rings. The highest BCUT2D eigenvalue weighted by atomic mass is 16.5. The molecule has 0 radical (unpaired) electrons. The molecule has 2 aliphatic heterocycles. The van der Waals surface area contributed by atoms with Crippen LogP contribution in [-0.2, 0) is 9.53 Å². The SMILES string of the molecule is Cc1ccc(-c2nn(-c3ccccc3)cc2C(=O)N2CCN(C(=O)CN3CCOCC3)CC2)cc1. The average Bonchev–Trinajstić information content (AvgIpc) is 3.35. The third kappa shape index (κ3) is 5.28. The zero-order chi connectivity index (χ0) is 24.2. The Morgan fingerprint density at radius 2 is 1.51 bits per heavy atom. The highest BCUT2D eigenvalue weighted by Gasteiger charge is 2.29. The van der Waals surface area contributed by atoms with Crippen LogP contribution in [0.25, 0.3) is 16.9 Å². The van der Waals surface area contributed by atoms with Crippen molar-refractivity contribution in [1.82, 2.24) is 24.5 Å². The number of benzene rings is 2. The Labute approximate surface area is 205 Å². The summed E-state index contributed by atoms with van der Waals surface area (Å²) in [5, 5.41) is 4.79. The second kappa shape index (κ2) is 10.4. The summed E-state index contributed by atoms with van der Waals surface area (Å²) in [7, 11) is 0. The predicted octanol–water partition coefficient (Wildman–Crippen LogP) is 2.46. The summed E-state index contributed by atoms with van der Waals surface area (Å²) in [6, 6.07) is 17.9. The summed E-state index contributed by atoms with van der Waals surface area (Å²) >= 11 is 0. The second-order valence-corrected chi connectivity index (χ2v) is 9.10. The van der Waals surface area contributed by atoms with Crippen molar-refractivity contribution in [2.24, 2.45) is 0 Å². The molecule has 2 amide bonds. The Bertz CT molecular complexity index is 1160. The maximum Gasteiger partial charge on any atom is 0.257 e. The van der Waals surface area contributed by atoms with E-state index < -0.39 is 0 Å². The fourth-order valence-corrected chi connectivity index (χ4v) is 4.55. The molecule has 0 unspecified atom stereocenters. The summed E-state index contributed by atoms with van der Waals surface area (Å²) in [5.41, 5.74) is 4.21. The number of aromatic nitrogens is 2. The molecular formula is C27H31N5O3. The Morgan fingerprint density at radius 1 is 0.857 bits per heavy atom. The molecule has 0 N–H and O–H groups in total. The van der Waals surface area contributed by atoms with Gasteiger partial charge in [-0.15, -0.1) is 0 Å². The third-order valence-corrected chi connectivity index (χ3v) is 6.67. The van der Waals surface area contributed by atoms with Gasteiger partial charge in [0.05, 0.1) is 31.0 Å². The van der Waals surface area contributed by atoms with Crippen LogP contribution in [0.3, 0.4) is 0 Å². The first-order valence-electron chi connectivity index (χ1n) is 12.2. The minimum absolute atomic E-state index is 0.0527. The molecule has 5 rings (SSSR count). The highest BCUT2D eigenvalue weighted by Crippen LogP contribution is 2.26. The van der Waals surface area contributed by atoms with E-state index in [1.165, 1.54) is 0 Å². The average molecular weight is 474 g/mol. The number of hydrogen-bond acceptors (Lipinski definition) is 5. The van der Waals surface area contributed by atoms with E-state index in [1.807, 2.05) is 77.5 Å². The number of aryl methyl sites for hydroxylation is 1. The fraction of sp³-hybridized carbons (Fsp3) is 0.370. The number of morpholine rings is 1. The van der Waals surface area contributed by atoms with Gasteiger partial charge in [-0.05, 0) is 19.1 Å². The summed E-state index contributed by atoms with van der Waals surface area (Å²) in [6.07, 6.45) is 1.82. The number of amides is 2. The molecule has 3 aromatic rings. The first-order chi connectivity index (χ1) is 17.1. The van der Waals surface area contributed by atoms with Crippen LogP contribution < -0.4 is 0 Å². The number of carbonyl (C=O) groups is 2. The monoisotopic (exact) mass is 473 g/mol. The van der Waals surface area contributed by atoms with Crippen molar-refractivity contribution in [3.05, 3.63) is 71.9 Å². The van der Waals surface area contributed by atoms with Gasteiger partial charge in [-0.1, -0.05) is 48.0 Å². The summed E-state index contributed by atoms with van der Waals surface area (Å²) in [4.78, 5) is 32.3. The van der Waals surface area contributed by atoms with E-state index in [4.69, 9.17) is 9.84 Å². The van der Waals surface area contributed by atoms with Gasteiger partial charge >= 0.3 is 0 Å². The van der Waals surface area contributed by atoms with E-state index in [-0.39, 0.29) is 11.8 Å². The molecule has 8 heteroatoms. The first-order valence-corrected chi connectivity index (χ1v) is 12.2. The molecular weight excluding hydrogens is 442 g/mol. The molecule has 2 aromatic carbocycles. The lowest BCUT2D eigenvalue weighted by Gasteiger charge is -2.36. The largest absolute Gasteiger partial charge is 0.379 e. The van der Waals surface area contributed by atoms with Crippen LogP contribution in [0.15, 0.2) is 60.8 Å². The number of para-hydroxylation sites is 1. The number of piperazine rings is 1. The lowest BCUT2D eigenvalue weighted by molar-refractivity contribution is -0.134. The standard InChI is InChI=1S/C27H31N5O3/c1-21-7-9-22(10-8-21)26-24(19-32(28-26)23-5-3-2-4-6-23)27(34)31-13-11-30(12-14-31)25(33)20-29-15-17-35-18-16-29/h2-10,19H,11-18,20H2,1H3. The van der Waals surface area contributed by atoms with E-state index >= 15 is 0 Å². The first kappa shape index (κ1) is 23.3. The van der Waals surface area contributed by atoms with Crippen molar-refractivity contribution in [3.8, 4) is 16.9 Å². The van der Waals surface area contributed by atoms with Crippen molar-refractivity contribution >= 4 is 11.8 Å². The van der Waals surface area contributed by atoms with E-state index in [0.717, 1.165) is 29.9 Å². The molecule has 2 fully saturated rings. The summed E-state index contributed by atoms with van der Waals surface area (Å²) in [6.45, 7) is 7.50. The normalized spacial score (nSPS) is 16.9. The van der Waals surface area contributed by atoms with Gasteiger partial charge in [0.15, 0.2) is 0 Å². The minimum atomic E-state index is -0.0527. The Kier molecular flexibility index (Phi) is 6.92. The van der Waals surface area contributed by atoms with E-state index in [9.17, 15) is 9.59 Å². The molecule has 8 nitrogen and oxygen atoms in total. The van der Waals surface area contributed by atoms with Gasteiger partial charge in [0, 0.05) is 51.0 Å². The van der Waals surface area contributed by atoms with Gasteiger partial charge in [-0.3, -0.25) is 14.5 Å². The van der Waals surface area contributed by atoms with E-state index in [2.05, 4.69) is 4.90 Å². The van der Waals surface area contributed by atoms with Crippen molar-refractivity contribution in [1.29, 1.82) is 0 Å². The maximum atomic E-state index is 13.6. The van der Waals surface area contributed by atoms with Crippen LogP contribution in [0.5, 0.6) is 0 Å². The van der Waals surface area contributed by atoms with Crippen molar-refractivity contribution in [2.45, 2.75) is 6.92 Å². The van der Waals surface area contributed by atoms with E-state index in [0.29, 0.717) is 57.2 Å². The minimum Gasteiger partial charge on any atom is -0.379 e. The van der Waals surface area contributed by atoms with E-state index in [1.54, 1.807) is 4.68 Å². The molecule has 0 bridgehead atoms. The molecule has 0 atom stereocenters. The predicted molar refractivity (Wildman–Crippen MR) is 133 cm³/mol. The van der Waals surface area contributed by atoms with Crippen molar-refractivity contribution in [2.75, 3.05) is 59.0 Å². The van der Waals surface area contributed by atoms with Crippen LogP contribution in [0, 0.1) is 6.92 Å². The smallest absolute Gasteiger partial charge is 0.257 e. The van der Waals surface area contributed by atoms with Gasteiger partial charge in [0.1, 0.15) is 5.69 Å².